The molecule has 0 unspecified atom stereocenters. The molecule has 142 valence electrons. The number of nitrogens with zero attached hydrogens (tertiary/aromatic N) is 3. The number of fused-ring (bicyclic) bond motifs is 1. The minimum atomic E-state index is -3.68. The molecule has 0 bridgehead atoms. The van der Waals surface area contributed by atoms with Crippen LogP contribution in [-0.2, 0) is 10.0 Å². The fraction of sp³-hybridized carbons (Fsp3) is 0.222. The summed E-state index contributed by atoms with van der Waals surface area (Å²) in [6.07, 6.45) is 0. The molecule has 27 heavy (non-hydrogen) atoms. The molecule has 6 nitrogen and oxygen atoms in total. The second kappa shape index (κ2) is 7.55. The lowest BCUT2D eigenvalue weighted by atomic mass is 10.2. The van der Waals surface area contributed by atoms with Crippen molar-refractivity contribution >= 4 is 54.2 Å². The first-order valence-electron chi connectivity index (χ1n) is 8.15. The van der Waals surface area contributed by atoms with Crippen LogP contribution < -0.4 is 4.90 Å². The summed E-state index contributed by atoms with van der Waals surface area (Å²) in [4.78, 5) is 19.1. The van der Waals surface area contributed by atoms with Crippen LogP contribution in [0, 0.1) is 0 Å². The largest absolute Gasteiger partial charge is 0.284 e. The van der Waals surface area contributed by atoms with Crippen molar-refractivity contribution in [2.45, 2.75) is 11.8 Å². The van der Waals surface area contributed by atoms with E-state index in [9.17, 15) is 13.2 Å². The number of rotatable bonds is 5. The van der Waals surface area contributed by atoms with Crippen molar-refractivity contribution in [2.24, 2.45) is 0 Å². The first kappa shape index (κ1) is 19.8. The van der Waals surface area contributed by atoms with Crippen molar-refractivity contribution in [3.63, 3.8) is 0 Å². The fourth-order valence-electron chi connectivity index (χ4n) is 2.53. The summed E-state index contributed by atoms with van der Waals surface area (Å²) in [6, 6.07) is 11.7. The van der Waals surface area contributed by atoms with E-state index in [0.717, 1.165) is 14.5 Å². The smallest absolute Gasteiger partial charge is 0.261 e. The van der Waals surface area contributed by atoms with Gasteiger partial charge in [-0.2, -0.15) is 0 Å². The highest BCUT2D eigenvalue weighted by atomic mass is 35.5. The molecular formula is C18H18ClN3O3S2. The van der Waals surface area contributed by atoms with E-state index >= 15 is 0 Å². The average molecular weight is 424 g/mol. The van der Waals surface area contributed by atoms with Gasteiger partial charge in [-0.15, -0.1) is 0 Å². The molecule has 0 aliphatic heterocycles. The van der Waals surface area contributed by atoms with Gasteiger partial charge in [-0.05, 0) is 37.3 Å². The van der Waals surface area contributed by atoms with Crippen molar-refractivity contribution in [3.05, 3.63) is 53.1 Å². The van der Waals surface area contributed by atoms with Crippen molar-refractivity contribution < 1.29 is 13.2 Å². The van der Waals surface area contributed by atoms with Crippen molar-refractivity contribution in [2.75, 3.05) is 25.5 Å². The van der Waals surface area contributed by atoms with E-state index in [-0.39, 0.29) is 15.5 Å². The third-order valence-corrected chi connectivity index (χ3v) is 7.22. The molecule has 0 saturated carbocycles. The molecule has 1 amide bonds. The molecule has 3 aromatic rings. The Bertz CT molecular complexity index is 1080. The molecule has 9 heteroatoms. The van der Waals surface area contributed by atoms with Crippen molar-refractivity contribution in [3.8, 4) is 0 Å². The molecule has 0 saturated heterocycles. The van der Waals surface area contributed by atoms with Crippen LogP contribution in [0.2, 0.25) is 5.02 Å². The Kier molecular flexibility index (Phi) is 5.53. The topological polar surface area (TPSA) is 70.6 Å². The zero-order valence-electron chi connectivity index (χ0n) is 15.0. The Hall–Kier alpha value is -2.00. The molecule has 0 fully saturated rings. The summed E-state index contributed by atoms with van der Waals surface area (Å²) in [5, 5.41) is 0.734. The summed E-state index contributed by atoms with van der Waals surface area (Å²) in [5.41, 5.74) is 0.930. The summed E-state index contributed by atoms with van der Waals surface area (Å²) in [5.74, 6) is -0.391. The van der Waals surface area contributed by atoms with E-state index in [0.29, 0.717) is 11.7 Å². The Balaban J connectivity index is 2.05. The van der Waals surface area contributed by atoms with Crippen LogP contribution in [0.1, 0.15) is 17.3 Å². The van der Waals surface area contributed by atoms with E-state index < -0.39 is 15.9 Å². The lowest BCUT2D eigenvalue weighted by Crippen LogP contribution is -2.31. The molecule has 0 aliphatic carbocycles. The SMILES string of the molecule is CCN(C(=O)c1cc(S(=O)(=O)N(C)C)ccc1Cl)c1nc2ccccc2s1. The normalized spacial score (nSPS) is 11.9. The van der Waals surface area contributed by atoms with Crippen LogP contribution >= 0.6 is 22.9 Å². The Labute approximate surface area is 167 Å². The van der Waals surface area contributed by atoms with E-state index in [1.165, 1.54) is 48.5 Å². The van der Waals surface area contributed by atoms with E-state index in [4.69, 9.17) is 11.6 Å². The summed E-state index contributed by atoms with van der Waals surface area (Å²) in [6.45, 7) is 2.21. The Morgan fingerprint density at radius 3 is 2.52 bits per heavy atom. The Morgan fingerprint density at radius 1 is 1.19 bits per heavy atom. The van der Waals surface area contributed by atoms with Gasteiger partial charge in [0.25, 0.3) is 5.91 Å². The van der Waals surface area contributed by atoms with Gasteiger partial charge in [-0.3, -0.25) is 9.69 Å². The maximum Gasteiger partial charge on any atom is 0.261 e. The zero-order valence-corrected chi connectivity index (χ0v) is 17.4. The number of hydrogen-bond acceptors (Lipinski definition) is 5. The van der Waals surface area contributed by atoms with Gasteiger partial charge in [0.05, 0.1) is 25.7 Å². The molecule has 0 spiro atoms. The molecule has 1 heterocycles. The highest BCUT2D eigenvalue weighted by molar-refractivity contribution is 7.89. The molecule has 0 N–H and O–H groups in total. The van der Waals surface area contributed by atoms with Crippen LogP contribution in [0.5, 0.6) is 0 Å². The second-order valence-corrected chi connectivity index (χ2v) is 9.51. The van der Waals surface area contributed by atoms with E-state index in [2.05, 4.69) is 4.98 Å². The number of amides is 1. The second-order valence-electron chi connectivity index (χ2n) is 5.94. The number of carbonyl (C=O) groups is 1. The van der Waals surface area contributed by atoms with E-state index in [1.807, 2.05) is 31.2 Å². The lowest BCUT2D eigenvalue weighted by Gasteiger charge is -2.19. The number of carbonyl (C=O) groups excluding carboxylic acids is 1. The number of benzene rings is 2. The fourth-order valence-corrected chi connectivity index (χ4v) is 4.68. The monoisotopic (exact) mass is 423 g/mol. The standard InChI is InChI=1S/C18H18ClN3O3S2/c1-4-22(18-20-15-7-5-6-8-16(15)26-18)17(23)13-11-12(9-10-14(13)19)27(24,25)21(2)3/h5-11H,4H2,1-3H3. The number of hydrogen-bond donors (Lipinski definition) is 0. The van der Waals surface area contributed by atoms with Crippen molar-refractivity contribution in [1.82, 2.24) is 9.29 Å². The maximum absolute atomic E-state index is 13.1. The van der Waals surface area contributed by atoms with Crippen molar-refractivity contribution in [1.29, 1.82) is 0 Å². The molecule has 0 radical (unpaired) electrons. The number of anilines is 1. The van der Waals surface area contributed by atoms with Gasteiger partial charge >= 0.3 is 0 Å². The molecular weight excluding hydrogens is 406 g/mol. The first-order valence-corrected chi connectivity index (χ1v) is 10.8. The van der Waals surface area contributed by atoms with Gasteiger partial charge in [-0.1, -0.05) is 35.1 Å². The maximum atomic E-state index is 13.1. The summed E-state index contributed by atoms with van der Waals surface area (Å²) in [7, 11) is -0.805. The van der Waals surface area contributed by atoms with Crippen LogP contribution in [0.15, 0.2) is 47.4 Å². The van der Waals surface area contributed by atoms with Gasteiger partial charge < -0.3 is 0 Å². The van der Waals surface area contributed by atoms with Crippen LogP contribution in [0.25, 0.3) is 10.2 Å². The predicted molar refractivity (Wildman–Crippen MR) is 109 cm³/mol. The minimum Gasteiger partial charge on any atom is -0.284 e. The van der Waals surface area contributed by atoms with Gasteiger partial charge in [0.15, 0.2) is 5.13 Å². The van der Waals surface area contributed by atoms with Gasteiger partial charge in [0.1, 0.15) is 0 Å². The number of para-hydroxylation sites is 1. The quantitative estimate of drug-likeness (QED) is 0.624. The third kappa shape index (κ3) is 3.70. The number of aromatic nitrogens is 1. The highest BCUT2D eigenvalue weighted by Crippen LogP contribution is 2.31. The van der Waals surface area contributed by atoms with E-state index in [1.54, 1.807) is 0 Å². The van der Waals surface area contributed by atoms with Gasteiger partial charge in [0, 0.05) is 20.6 Å². The number of sulfonamides is 1. The molecule has 3 rings (SSSR count). The summed E-state index contributed by atoms with van der Waals surface area (Å²) >= 11 is 7.61. The van der Waals surface area contributed by atoms with Crippen LogP contribution in [-0.4, -0.2) is 44.3 Å². The minimum absolute atomic E-state index is 0.0144. The van der Waals surface area contributed by atoms with Gasteiger partial charge in [0.2, 0.25) is 10.0 Å². The molecule has 0 aliphatic rings. The number of thiazole rings is 1. The van der Waals surface area contributed by atoms with Gasteiger partial charge in [-0.25, -0.2) is 17.7 Å². The van der Waals surface area contributed by atoms with Crippen LogP contribution in [0.4, 0.5) is 5.13 Å². The predicted octanol–water partition coefficient (Wildman–Crippen LogP) is 3.87. The molecule has 1 aromatic heterocycles. The average Bonchev–Trinajstić information content (AvgIpc) is 3.05. The lowest BCUT2D eigenvalue weighted by molar-refractivity contribution is 0.0988. The molecule has 2 aromatic carbocycles. The number of halogens is 1. The van der Waals surface area contributed by atoms with Crippen LogP contribution in [0.3, 0.4) is 0 Å². The zero-order chi connectivity index (χ0) is 19.8. The Morgan fingerprint density at radius 2 is 1.89 bits per heavy atom. The first-order chi connectivity index (χ1) is 12.8. The highest BCUT2D eigenvalue weighted by Gasteiger charge is 2.25. The summed E-state index contributed by atoms with van der Waals surface area (Å²) < 4.78 is 26.8. The molecule has 0 atom stereocenters. The third-order valence-electron chi connectivity index (χ3n) is 4.02.